The maximum atomic E-state index is 10.2. The lowest BCUT2D eigenvalue weighted by atomic mass is 10.0. The number of ketones is 1. The van der Waals surface area contributed by atoms with Gasteiger partial charge in [-0.3, -0.25) is 4.79 Å². The van der Waals surface area contributed by atoms with Gasteiger partial charge in [0.1, 0.15) is 5.78 Å². The third-order valence-electron chi connectivity index (χ3n) is 2.52. The van der Waals surface area contributed by atoms with Crippen LogP contribution in [0, 0.1) is 5.92 Å². The Balaban J connectivity index is 0. The normalized spacial score (nSPS) is 14.0. The molecule has 16 heavy (non-hydrogen) atoms. The molecule has 0 saturated heterocycles. The van der Waals surface area contributed by atoms with Crippen molar-refractivity contribution in [2.45, 2.75) is 53.1 Å². The van der Waals surface area contributed by atoms with E-state index < -0.39 is 0 Å². The summed E-state index contributed by atoms with van der Waals surface area (Å²) in [6.07, 6.45) is 2.10. The van der Waals surface area contributed by atoms with E-state index in [2.05, 4.69) is 11.8 Å². The van der Waals surface area contributed by atoms with Crippen molar-refractivity contribution in [3.63, 3.8) is 0 Å². The number of rotatable bonds is 6. The van der Waals surface area contributed by atoms with Crippen molar-refractivity contribution >= 4 is 5.78 Å². The summed E-state index contributed by atoms with van der Waals surface area (Å²) in [5.41, 5.74) is 0. The van der Waals surface area contributed by atoms with Crippen molar-refractivity contribution in [1.82, 2.24) is 4.90 Å². The second-order valence-electron chi connectivity index (χ2n) is 4.46. The molecule has 0 aliphatic heterocycles. The van der Waals surface area contributed by atoms with Crippen LogP contribution < -0.4 is 0 Å². The molecule has 0 fully saturated rings. The zero-order chi connectivity index (χ0) is 13.1. The zero-order valence-corrected chi connectivity index (χ0v) is 11.8. The third kappa shape index (κ3) is 11.7. The summed E-state index contributed by atoms with van der Waals surface area (Å²) in [5, 5.41) is 9.35. The summed E-state index contributed by atoms with van der Waals surface area (Å²) in [7, 11) is 4.05. The first-order valence-electron chi connectivity index (χ1n) is 6.23. The molecular formula is C13H29NO2. The van der Waals surface area contributed by atoms with Gasteiger partial charge in [-0.15, -0.1) is 0 Å². The van der Waals surface area contributed by atoms with Gasteiger partial charge in [-0.25, -0.2) is 0 Å². The Morgan fingerprint density at radius 3 is 1.81 bits per heavy atom. The largest absolute Gasteiger partial charge is 0.393 e. The molecule has 1 N–H and O–H groups in total. The van der Waals surface area contributed by atoms with Crippen LogP contribution in [-0.4, -0.2) is 42.5 Å². The summed E-state index contributed by atoms with van der Waals surface area (Å²) >= 11 is 0. The van der Waals surface area contributed by atoms with E-state index in [9.17, 15) is 9.90 Å². The fourth-order valence-corrected chi connectivity index (χ4v) is 1.35. The molecule has 0 bridgehead atoms. The molecule has 3 heteroatoms. The molecule has 2 atom stereocenters. The van der Waals surface area contributed by atoms with Crippen molar-refractivity contribution < 1.29 is 9.90 Å². The van der Waals surface area contributed by atoms with Crippen molar-refractivity contribution in [1.29, 1.82) is 0 Å². The third-order valence-corrected chi connectivity index (χ3v) is 2.52. The first-order valence-corrected chi connectivity index (χ1v) is 6.23. The molecule has 0 amide bonds. The summed E-state index contributed by atoms with van der Waals surface area (Å²) in [6, 6.07) is 0. The van der Waals surface area contributed by atoms with E-state index >= 15 is 0 Å². The number of carbonyl (C=O) groups excluding carboxylic acids is 1. The molecule has 0 aliphatic carbocycles. The maximum absolute atomic E-state index is 10.2. The molecule has 0 aromatic heterocycles. The Morgan fingerprint density at radius 1 is 1.19 bits per heavy atom. The highest BCUT2D eigenvalue weighted by atomic mass is 16.3. The highest BCUT2D eigenvalue weighted by Gasteiger charge is 2.11. The van der Waals surface area contributed by atoms with Crippen LogP contribution in [0.15, 0.2) is 0 Å². The first-order chi connectivity index (χ1) is 7.38. The SMILES string of the molecule is CCC(=O)CC.CCC(O)C(C)CN(C)C. The first kappa shape index (κ1) is 18.0. The number of nitrogens with zero attached hydrogens (tertiary/aromatic N) is 1. The number of Topliss-reactive ketones (excluding diaryl/α,β-unsaturated/α-hetero) is 1. The average molecular weight is 231 g/mol. The summed E-state index contributed by atoms with van der Waals surface area (Å²) in [6.45, 7) is 8.82. The van der Waals surface area contributed by atoms with E-state index in [1.165, 1.54) is 0 Å². The van der Waals surface area contributed by atoms with Gasteiger partial charge in [0.2, 0.25) is 0 Å². The minimum Gasteiger partial charge on any atom is -0.393 e. The summed E-state index contributed by atoms with van der Waals surface area (Å²) < 4.78 is 0. The molecule has 0 rings (SSSR count). The van der Waals surface area contributed by atoms with Gasteiger partial charge in [-0.05, 0) is 26.4 Å². The lowest BCUT2D eigenvalue weighted by molar-refractivity contribution is -0.118. The quantitative estimate of drug-likeness (QED) is 0.762. The van der Waals surface area contributed by atoms with E-state index in [1.54, 1.807) is 0 Å². The van der Waals surface area contributed by atoms with E-state index in [0.29, 0.717) is 24.5 Å². The van der Waals surface area contributed by atoms with Crippen molar-refractivity contribution in [3.8, 4) is 0 Å². The zero-order valence-electron chi connectivity index (χ0n) is 11.8. The maximum Gasteiger partial charge on any atom is 0.132 e. The lowest BCUT2D eigenvalue weighted by Gasteiger charge is -2.20. The molecule has 0 aromatic carbocycles. The molecule has 0 saturated carbocycles. The monoisotopic (exact) mass is 231 g/mol. The molecule has 0 spiro atoms. The van der Waals surface area contributed by atoms with Crippen LogP contribution in [-0.2, 0) is 4.79 Å². The molecule has 0 radical (unpaired) electrons. The highest BCUT2D eigenvalue weighted by Crippen LogP contribution is 2.06. The second-order valence-corrected chi connectivity index (χ2v) is 4.46. The summed E-state index contributed by atoms with van der Waals surface area (Å²) in [5.74, 6) is 0.731. The minimum atomic E-state index is -0.137. The molecule has 0 aromatic rings. The standard InChI is InChI=1S/C8H19NO.C5H10O/c1-5-8(10)7(2)6-9(3)4;1-3-5(6)4-2/h7-8,10H,5-6H2,1-4H3;3-4H2,1-2H3. The van der Waals surface area contributed by atoms with Gasteiger partial charge in [0.05, 0.1) is 6.10 Å². The number of carbonyl (C=O) groups is 1. The highest BCUT2D eigenvalue weighted by molar-refractivity contribution is 5.77. The van der Waals surface area contributed by atoms with Crippen LogP contribution in [0.3, 0.4) is 0 Å². The molecule has 98 valence electrons. The topological polar surface area (TPSA) is 40.5 Å². The summed E-state index contributed by atoms with van der Waals surface area (Å²) in [4.78, 5) is 12.3. The van der Waals surface area contributed by atoms with Crippen molar-refractivity contribution in [2.24, 2.45) is 5.92 Å². The van der Waals surface area contributed by atoms with Crippen molar-refractivity contribution in [3.05, 3.63) is 0 Å². The smallest absolute Gasteiger partial charge is 0.132 e. The Kier molecular flexibility index (Phi) is 12.5. The average Bonchev–Trinajstić information content (AvgIpc) is 2.26. The Bertz CT molecular complexity index is 163. The van der Waals surface area contributed by atoms with E-state index in [4.69, 9.17) is 0 Å². The van der Waals surface area contributed by atoms with Gasteiger partial charge in [-0.2, -0.15) is 0 Å². The van der Waals surface area contributed by atoms with E-state index in [-0.39, 0.29) is 6.10 Å². The molecule has 0 aliphatic rings. The van der Waals surface area contributed by atoms with E-state index in [1.807, 2.05) is 34.9 Å². The van der Waals surface area contributed by atoms with Crippen LogP contribution in [0.25, 0.3) is 0 Å². The van der Waals surface area contributed by atoms with Gasteiger partial charge in [0, 0.05) is 19.4 Å². The fraction of sp³-hybridized carbons (Fsp3) is 0.923. The van der Waals surface area contributed by atoms with E-state index in [0.717, 1.165) is 13.0 Å². The van der Waals surface area contributed by atoms with Crippen LogP contribution in [0.5, 0.6) is 0 Å². The van der Waals surface area contributed by atoms with Gasteiger partial charge in [-0.1, -0.05) is 27.7 Å². The Hall–Kier alpha value is -0.410. The van der Waals surface area contributed by atoms with Crippen LogP contribution in [0.1, 0.15) is 47.0 Å². The number of hydrogen-bond donors (Lipinski definition) is 1. The van der Waals surface area contributed by atoms with Crippen molar-refractivity contribution in [2.75, 3.05) is 20.6 Å². The fourth-order valence-electron chi connectivity index (χ4n) is 1.35. The van der Waals surface area contributed by atoms with Gasteiger partial charge in [0.15, 0.2) is 0 Å². The Morgan fingerprint density at radius 2 is 1.62 bits per heavy atom. The Labute approximate surface area is 101 Å². The lowest BCUT2D eigenvalue weighted by Crippen LogP contribution is -2.28. The second kappa shape index (κ2) is 11.1. The number of aliphatic hydroxyl groups is 1. The van der Waals surface area contributed by atoms with Crippen LogP contribution in [0.4, 0.5) is 0 Å². The molecular weight excluding hydrogens is 202 g/mol. The molecule has 0 heterocycles. The molecule has 3 nitrogen and oxygen atoms in total. The van der Waals surface area contributed by atoms with Gasteiger partial charge < -0.3 is 10.0 Å². The predicted molar refractivity (Wildman–Crippen MR) is 69.6 cm³/mol. The van der Waals surface area contributed by atoms with Crippen LogP contribution in [0.2, 0.25) is 0 Å². The molecule has 2 unspecified atom stereocenters. The number of aliphatic hydroxyl groups excluding tert-OH is 1. The predicted octanol–water partition coefficient (Wildman–Crippen LogP) is 2.33. The number of hydrogen-bond acceptors (Lipinski definition) is 3. The van der Waals surface area contributed by atoms with Gasteiger partial charge in [0.25, 0.3) is 0 Å². The van der Waals surface area contributed by atoms with Gasteiger partial charge >= 0.3 is 0 Å². The minimum absolute atomic E-state index is 0.137. The van der Waals surface area contributed by atoms with Crippen LogP contribution >= 0.6 is 0 Å².